The highest BCUT2D eigenvalue weighted by molar-refractivity contribution is 7.10. The van der Waals surface area contributed by atoms with Crippen molar-refractivity contribution in [2.24, 2.45) is 5.92 Å². The Morgan fingerprint density at radius 2 is 2.08 bits per heavy atom. The number of amides is 1. The summed E-state index contributed by atoms with van der Waals surface area (Å²) in [5.74, 6) is -1.14. The van der Waals surface area contributed by atoms with E-state index < -0.39 is 12.1 Å². The van der Waals surface area contributed by atoms with E-state index in [2.05, 4.69) is 0 Å². The van der Waals surface area contributed by atoms with E-state index >= 15 is 0 Å². The molecule has 136 valence electrons. The third kappa shape index (κ3) is 5.70. The van der Waals surface area contributed by atoms with E-state index in [9.17, 15) is 14.4 Å². The van der Waals surface area contributed by atoms with Crippen LogP contribution in [0, 0.1) is 5.92 Å². The number of ether oxygens (including phenoxy) is 2. The molecule has 1 fully saturated rings. The summed E-state index contributed by atoms with van der Waals surface area (Å²) in [4.78, 5) is 38.5. The van der Waals surface area contributed by atoms with Gasteiger partial charge in [-0.05, 0) is 44.2 Å². The largest absolute Gasteiger partial charge is 0.466 e. The Kier molecular flexibility index (Phi) is 7.18. The second-order valence-electron chi connectivity index (χ2n) is 5.78. The molecule has 2 heterocycles. The second kappa shape index (κ2) is 9.36. The summed E-state index contributed by atoms with van der Waals surface area (Å²) in [6.45, 7) is 4.64. The van der Waals surface area contributed by atoms with Crippen LogP contribution in [0.5, 0.6) is 0 Å². The topological polar surface area (TPSA) is 72.9 Å². The fourth-order valence-corrected chi connectivity index (χ4v) is 3.27. The molecule has 0 N–H and O–H groups in total. The summed E-state index contributed by atoms with van der Waals surface area (Å²) in [5.41, 5.74) is 0. The van der Waals surface area contributed by atoms with Crippen LogP contribution in [0.25, 0.3) is 6.08 Å². The molecule has 1 atom stereocenters. The van der Waals surface area contributed by atoms with Crippen molar-refractivity contribution in [2.75, 3.05) is 19.7 Å². The molecule has 7 heteroatoms. The molecular weight excluding hydrogens is 342 g/mol. The number of piperidine rings is 1. The summed E-state index contributed by atoms with van der Waals surface area (Å²) in [7, 11) is 0. The van der Waals surface area contributed by atoms with E-state index in [0.29, 0.717) is 32.5 Å². The van der Waals surface area contributed by atoms with Gasteiger partial charge in [-0.25, -0.2) is 4.79 Å². The van der Waals surface area contributed by atoms with Crippen molar-refractivity contribution in [3.05, 3.63) is 28.5 Å². The van der Waals surface area contributed by atoms with Crippen LogP contribution >= 0.6 is 11.3 Å². The van der Waals surface area contributed by atoms with Gasteiger partial charge in [0.2, 0.25) is 0 Å². The van der Waals surface area contributed by atoms with Crippen LogP contribution in [-0.2, 0) is 23.9 Å². The summed E-state index contributed by atoms with van der Waals surface area (Å²) in [5, 5.41) is 1.91. The fourth-order valence-electron chi connectivity index (χ4n) is 2.65. The molecule has 6 nitrogen and oxygen atoms in total. The van der Waals surface area contributed by atoms with E-state index in [1.165, 1.54) is 17.4 Å². The zero-order valence-electron chi connectivity index (χ0n) is 14.5. The number of rotatable bonds is 6. The third-order valence-electron chi connectivity index (χ3n) is 3.99. The maximum absolute atomic E-state index is 12.4. The van der Waals surface area contributed by atoms with Crippen LogP contribution in [-0.4, -0.2) is 48.5 Å². The number of carbonyl (C=O) groups excluding carboxylic acids is 3. The number of esters is 2. The summed E-state index contributed by atoms with van der Waals surface area (Å²) >= 11 is 1.51. The minimum absolute atomic E-state index is 0.157. The van der Waals surface area contributed by atoms with Crippen molar-refractivity contribution < 1.29 is 23.9 Å². The molecule has 1 saturated heterocycles. The van der Waals surface area contributed by atoms with E-state index in [1.807, 2.05) is 17.5 Å². The van der Waals surface area contributed by atoms with Gasteiger partial charge in [0.1, 0.15) is 0 Å². The number of hydrogen-bond acceptors (Lipinski definition) is 6. The molecule has 1 unspecified atom stereocenters. The molecule has 2 rings (SSSR count). The van der Waals surface area contributed by atoms with E-state index in [-0.39, 0.29) is 17.8 Å². The van der Waals surface area contributed by atoms with Crippen LogP contribution in [0.4, 0.5) is 0 Å². The van der Waals surface area contributed by atoms with Crippen LogP contribution in [0.3, 0.4) is 0 Å². The van der Waals surface area contributed by atoms with Crippen molar-refractivity contribution >= 4 is 35.3 Å². The van der Waals surface area contributed by atoms with Gasteiger partial charge in [0, 0.05) is 24.0 Å². The summed E-state index contributed by atoms with van der Waals surface area (Å²) < 4.78 is 10.2. The van der Waals surface area contributed by atoms with Crippen molar-refractivity contribution in [1.29, 1.82) is 0 Å². The number of carbonyl (C=O) groups is 3. The number of likely N-dealkylation sites (tertiary alicyclic amines) is 1. The predicted molar refractivity (Wildman–Crippen MR) is 94.8 cm³/mol. The predicted octanol–water partition coefficient (Wildman–Crippen LogP) is 2.49. The minimum Gasteiger partial charge on any atom is -0.466 e. The monoisotopic (exact) mass is 365 g/mol. The van der Waals surface area contributed by atoms with E-state index in [4.69, 9.17) is 9.47 Å². The molecule has 25 heavy (non-hydrogen) atoms. The highest BCUT2D eigenvalue weighted by Crippen LogP contribution is 2.19. The average molecular weight is 365 g/mol. The number of nitrogens with zero attached hydrogens (tertiary/aromatic N) is 1. The Labute approximate surface area is 151 Å². The van der Waals surface area contributed by atoms with Crippen LogP contribution in [0.2, 0.25) is 0 Å². The Morgan fingerprint density at radius 3 is 2.68 bits per heavy atom. The molecule has 1 aromatic heterocycles. The fraction of sp³-hybridized carbons (Fsp3) is 0.500. The molecule has 0 spiro atoms. The van der Waals surface area contributed by atoms with Gasteiger partial charge in [0.15, 0.2) is 6.10 Å². The standard InChI is InChI=1S/C18H23NO5S/c1-3-23-18(22)14-8-10-19(11-9-14)17(21)13(2)24-16(20)7-6-15-5-4-12-25-15/h4-7,12-14H,3,8-11H2,1-2H3/b7-6+. The first-order valence-corrected chi connectivity index (χ1v) is 9.26. The highest BCUT2D eigenvalue weighted by atomic mass is 32.1. The first-order chi connectivity index (χ1) is 12.0. The minimum atomic E-state index is -0.848. The maximum Gasteiger partial charge on any atom is 0.331 e. The maximum atomic E-state index is 12.4. The molecule has 1 aromatic rings. The third-order valence-corrected chi connectivity index (χ3v) is 4.83. The van der Waals surface area contributed by atoms with Gasteiger partial charge in [-0.2, -0.15) is 0 Å². The molecule has 1 aliphatic heterocycles. The zero-order chi connectivity index (χ0) is 18.2. The Balaban J connectivity index is 1.78. The Bertz CT molecular complexity index is 617. The first kappa shape index (κ1) is 19.2. The number of thiophene rings is 1. The van der Waals surface area contributed by atoms with Crippen LogP contribution < -0.4 is 0 Å². The lowest BCUT2D eigenvalue weighted by atomic mass is 9.97. The van der Waals surface area contributed by atoms with Gasteiger partial charge in [0.25, 0.3) is 5.91 Å². The molecule has 0 radical (unpaired) electrons. The smallest absolute Gasteiger partial charge is 0.331 e. The molecular formula is C18H23NO5S. The lowest BCUT2D eigenvalue weighted by Gasteiger charge is -2.32. The molecule has 1 amide bonds. The normalized spacial score (nSPS) is 16.6. The van der Waals surface area contributed by atoms with Gasteiger partial charge < -0.3 is 14.4 Å². The summed E-state index contributed by atoms with van der Waals surface area (Å²) in [6, 6.07) is 3.78. The van der Waals surface area contributed by atoms with Crippen molar-refractivity contribution in [2.45, 2.75) is 32.8 Å². The lowest BCUT2D eigenvalue weighted by Crippen LogP contribution is -2.45. The molecule has 0 saturated carbocycles. The van der Waals surface area contributed by atoms with Crippen molar-refractivity contribution in [3.8, 4) is 0 Å². The van der Waals surface area contributed by atoms with E-state index in [0.717, 1.165) is 4.88 Å². The van der Waals surface area contributed by atoms with Gasteiger partial charge in [-0.1, -0.05) is 6.07 Å². The second-order valence-corrected chi connectivity index (χ2v) is 6.76. The highest BCUT2D eigenvalue weighted by Gasteiger charge is 2.31. The molecule has 0 aromatic carbocycles. The first-order valence-electron chi connectivity index (χ1n) is 8.39. The van der Waals surface area contributed by atoms with Gasteiger partial charge in [0.05, 0.1) is 12.5 Å². The van der Waals surface area contributed by atoms with Gasteiger partial charge in [-0.15, -0.1) is 11.3 Å². The quantitative estimate of drug-likeness (QED) is 0.572. The summed E-state index contributed by atoms with van der Waals surface area (Å²) in [6.07, 6.45) is 3.28. The molecule has 0 aliphatic carbocycles. The Hall–Kier alpha value is -2.15. The molecule has 1 aliphatic rings. The Morgan fingerprint density at radius 1 is 1.36 bits per heavy atom. The van der Waals surface area contributed by atoms with Crippen molar-refractivity contribution in [1.82, 2.24) is 4.90 Å². The average Bonchev–Trinajstić information content (AvgIpc) is 3.13. The van der Waals surface area contributed by atoms with E-state index in [1.54, 1.807) is 24.8 Å². The van der Waals surface area contributed by atoms with Crippen molar-refractivity contribution in [3.63, 3.8) is 0 Å². The number of hydrogen-bond donors (Lipinski definition) is 0. The SMILES string of the molecule is CCOC(=O)C1CCN(C(=O)C(C)OC(=O)/C=C/c2cccs2)CC1. The van der Waals surface area contributed by atoms with Gasteiger partial charge >= 0.3 is 11.9 Å². The lowest BCUT2D eigenvalue weighted by molar-refractivity contribution is -0.157. The zero-order valence-corrected chi connectivity index (χ0v) is 15.3. The van der Waals surface area contributed by atoms with Gasteiger partial charge in [-0.3, -0.25) is 9.59 Å². The van der Waals surface area contributed by atoms with Crippen LogP contribution in [0.1, 0.15) is 31.6 Å². The molecule has 0 bridgehead atoms. The van der Waals surface area contributed by atoms with Crippen LogP contribution in [0.15, 0.2) is 23.6 Å².